The van der Waals surface area contributed by atoms with Gasteiger partial charge in [-0.1, -0.05) is 19.3 Å². The van der Waals surface area contributed by atoms with Crippen molar-refractivity contribution in [3.63, 3.8) is 0 Å². The molecule has 1 aliphatic carbocycles. The van der Waals surface area contributed by atoms with Crippen LogP contribution >= 0.6 is 0 Å². The van der Waals surface area contributed by atoms with Gasteiger partial charge in [-0.2, -0.15) is 0 Å². The van der Waals surface area contributed by atoms with E-state index >= 15 is 0 Å². The molecule has 0 aromatic heterocycles. The first-order valence-corrected chi connectivity index (χ1v) is 7.77. The van der Waals surface area contributed by atoms with Crippen molar-refractivity contribution in [2.24, 2.45) is 5.73 Å². The van der Waals surface area contributed by atoms with Gasteiger partial charge in [-0.15, -0.1) is 0 Å². The fourth-order valence-corrected chi connectivity index (χ4v) is 3.69. The Bertz CT molecular complexity index is 246. The molecule has 1 saturated heterocycles. The highest BCUT2D eigenvalue weighted by atomic mass is 15.2. The zero-order valence-corrected chi connectivity index (χ0v) is 12.3. The number of hydrogen-bond acceptors (Lipinski definition) is 3. The minimum Gasteiger partial charge on any atom is -0.325 e. The molecule has 0 aromatic rings. The Hall–Kier alpha value is -0.120. The summed E-state index contributed by atoms with van der Waals surface area (Å²) in [6, 6.07) is 0.771. The first kappa shape index (κ1) is 14.3. The van der Waals surface area contributed by atoms with Crippen LogP contribution < -0.4 is 5.73 Å². The van der Waals surface area contributed by atoms with E-state index in [0.717, 1.165) is 6.04 Å². The molecule has 1 atom stereocenters. The SMILES string of the molecule is CN(C)CC1CCCN1CCC1(N)CCCCC1. The van der Waals surface area contributed by atoms with Crippen molar-refractivity contribution in [3.8, 4) is 0 Å². The molecule has 2 aliphatic rings. The Morgan fingerprint density at radius 1 is 1.17 bits per heavy atom. The van der Waals surface area contributed by atoms with Crippen LogP contribution in [-0.4, -0.2) is 55.1 Å². The predicted molar refractivity (Wildman–Crippen MR) is 77.8 cm³/mol. The van der Waals surface area contributed by atoms with E-state index in [1.165, 1.54) is 71.0 Å². The van der Waals surface area contributed by atoms with Gasteiger partial charge in [-0.3, -0.25) is 4.90 Å². The minimum atomic E-state index is 0.156. The maximum absolute atomic E-state index is 6.55. The number of likely N-dealkylation sites (tertiary alicyclic amines) is 1. The Morgan fingerprint density at radius 3 is 2.56 bits per heavy atom. The molecule has 1 aliphatic heterocycles. The van der Waals surface area contributed by atoms with Crippen molar-refractivity contribution in [1.82, 2.24) is 9.80 Å². The molecule has 0 spiro atoms. The summed E-state index contributed by atoms with van der Waals surface area (Å²) in [5.41, 5.74) is 6.70. The van der Waals surface area contributed by atoms with Gasteiger partial charge in [0.2, 0.25) is 0 Å². The number of rotatable bonds is 5. The lowest BCUT2D eigenvalue weighted by Crippen LogP contribution is -2.46. The van der Waals surface area contributed by atoms with Crippen molar-refractivity contribution < 1.29 is 0 Å². The molecule has 2 rings (SSSR count). The van der Waals surface area contributed by atoms with E-state index in [1.807, 2.05) is 0 Å². The highest BCUT2D eigenvalue weighted by Crippen LogP contribution is 2.30. The molecule has 0 aromatic carbocycles. The molecule has 1 saturated carbocycles. The summed E-state index contributed by atoms with van der Waals surface area (Å²) in [5.74, 6) is 0. The third-order valence-corrected chi connectivity index (χ3v) is 4.82. The van der Waals surface area contributed by atoms with Crippen LogP contribution in [0, 0.1) is 0 Å². The molecular weight excluding hydrogens is 222 g/mol. The number of hydrogen-bond donors (Lipinski definition) is 1. The maximum Gasteiger partial charge on any atom is 0.0223 e. The lowest BCUT2D eigenvalue weighted by atomic mass is 9.80. The molecular formula is C15H31N3. The van der Waals surface area contributed by atoms with Gasteiger partial charge < -0.3 is 10.6 Å². The molecule has 3 nitrogen and oxygen atoms in total. The molecule has 106 valence electrons. The molecule has 2 fully saturated rings. The van der Waals surface area contributed by atoms with Crippen LogP contribution in [0.5, 0.6) is 0 Å². The predicted octanol–water partition coefficient (Wildman–Crippen LogP) is 2.06. The van der Waals surface area contributed by atoms with Gasteiger partial charge in [0.15, 0.2) is 0 Å². The van der Waals surface area contributed by atoms with Crippen LogP contribution in [0.4, 0.5) is 0 Å². The first-order valence-electron chi connectivity index (χ1n) is 7.77. The van der Waals surface area contributed by atoms with E-state index in [9.17, 15) is 0 Å². The summed E-state index contributed by atoms with van der Waals surface area (Å²) in [5, 5.41) is 0. The lowest BCUT2D eigenvalue weighted by Gasteiger charge is -2.36. The van der Waals surface area contributed by atoms with Gasteiger partial charge in [0.05, 0.1) is 0 Å². The van der Waals surface area contributed by atoms with Gasteiger partial charge in [0.1, 0.15) is 0 Å². The number of likely N-dealkylation sites (N-methyl/N-ethyl adjacent to an activating group) is 1. The van der Waals surface area contributed by atoms with Gasteiger partial charge in [-0.25, -0.2) is 0 Å². The standard InChI is InChI=1S/C15H31N3/c1-17(2)13-14-7-6-11-18(14)12-10-15(16)8-4-3-5-9-15/h14H,3-13,16H2,1-2H3. The second-order valence-electron chi connectivity index (χ2n) is 6.77. The molecule has 0 radical (unpaired) electrons. The van der Waals surface area contributed by atoms with Crippen LogP contribution in [0.2, 0.25) is 0 Å². The summed E-state index contributed by atoms with van der Waals surface area (Å²) in [6.07, 6.45) is 10.5. The van der Waals surface area contributed by atoms with Crippen LogP contribution in [0.1, 0.15) is 51.4 Å². The van der Waals surface area contributed by atoms with E-state index < -0.39 is 0 Å². The summed E-state index contributed by atoms with van der Waals surface area (Å²) in [4.78, 5) is 5.00. The van der Waals surface area contributed by atoms with Crippen LogP contribution in [0.3, 0.4) is 0 Å². The van der Waals surface area contributed by atoms with Gasteiger partial charge >= 0.3 is 0 Å². The summed E-state index contributed by atoms with van der Waals surface area (Å²) < 4.78 is 0. The van der Waals surface area contributed by atoms with E-state index in [1.54, 1.807) is 0 Å². The van der Waals surface area contributed by atoms with Crippen molar-refractivity contribution in [3.05, 3.63) is 0 Å². The average Bonchev–Trinajstić information content (AvgIpc) is 2.74. The molecule has 1 unspecified atom stereocenters. The lowest BCUT2D eigenvalue weighted by molar-refractivity contribution is 0.175. The van der Waals surface area contributed by atoms with Crippen LogP contribution in [0.25, 0.3) is 0 Å². The smallest absolute Gasteiger partial charge is 0.0223 e. The van der Waals surface area contributed by atoms with E-state index in [2.05, 4.69) is 23.9 Å². The average molecular weight is 253 g/mol. The van der Waals surface area contributed by atoms with Crippen LogP contribution in [0.15, 0.2) is 0 Å². The van der Waals surface area contributed by atoms with Crippen molar-refractivity contribution in [2.75, 3.05) is 33.7 Å². The molecule has 2 N–H and O–H groups in total. The monoisotopic (exact) mass is 253 g/mol. The van der Waals surface area contributed by atoms with E-state index in [0.29, 0.717) is 0 Å². The van der Waals surface area contributed by atoms with Gasteiger partial charge in [0, 0.05) is 24.7 Å². The highest BCUT2D eigenvalue weighted by molar-refractivity contribution is 4.90. The summed E-state index contributed by atoms with van der Waals surface area (Å²) in [7, 11) is 4.37. The molecule has 1 heterocycles. The second kappa shape index (κ2) is 6.36. The topological polar surface area (TPSA) is 32.5 Å². The van der Waals surface area contributed by atoms with Gasteiger partial charge in [0.25, 0.3) is 0 Å². The normalized spacial score (nSPS) is 29.0. The maximum atomic E-state index is 6.55. The largest absolute Gasteiger partial charge is 0.325 e. The summed E-state index contributed by atoms with van der Waals surface area (Å²) >= 11 is 0. The number of nitrogens with zero attached hydrogens (tertiary/aromatic N) is 2. The van der Waals surface area contributed by atoms with Crippen molar-refractivity contribution in [2.45, 2.75) is 62.9 Å². The quantitative estimate of drug-likeness (QED) is 0.814. The van der Waals surface area contributed by atoms with Crippen LogP contribution in [-0.2, 0) is 0 Å². The van der Waals surface area contributed by atoms with Gasteiger partial charge in [-0.05, 0) is 52.7 Å². The Kier molecular flexibility index (Phi) is 5.05. The first-order chi connectivity index (χ1) is 8.59. The summed E-state index contributed by atoms with van der Waals surface area (Å²) in [6.45, 7) is 3.71. The third kappa shape index (κ3) is 3.94. The zero-order chi connectivity index (χ0) is 13.0. The Balaban J connectivity index is 1.77. The highest BCUT2D eigenvalue weighted by Gasteiger charge is 2.30. The fourth-order valence-electron chi connectivity index (χ4n) is 3.69. The third-order valence-electron chi connectivity index (χ3n) is 4.82. The molecule has 3 heteroatoms. The molecule has 0 amide bonds. The van der Waals surface area contributed by atoms with E-state index in [4.69, 9.17) is 5.73 Å². The Labute approximate surface area is 113 Å². The number of nitrogens with two attached hydrogens (primary N) is 1. The zero-order valence-electron chi connectivity index (χ0n) is 12.3. The van der Waals surface area contributed by atoms with Crippen molar-refractivity contribution >= 4 is 0 Å². The second-order valence-corrected chi connectivity index (χ2v) is 6.77. The molecule has 0 bridgehead atoms. The fraction of sp³-hybridized carbons (Fsp3) is 1.00. The Morgan fingerprint density at radius 2 is 1.89 bits per heavy atom. The van der Waals surface area contributed by atoms with E-state index in [-0.39, 0.29) is 5.54 Å². The molecule has 18 heavy (non-hydrogen) atoms. The minimum absolute atomic E-state index is 0.156. The van der Waals surface area contributed by atoms with Crippen molar-refractivity contribution in [1.29, 1.82) is 0 Å².